The lowest BCUT2D eigenvalue weighted by atomic mass is 9.98. The van der Waals surface area contributed by atoms with E-state index in [0.29, 0.717) is 6.04 Å². The molecule has 1 aliphatic rings. The summed E-state index contributed by atoms with van der Waals surface area (Å²) in [6, 6.07) is 2.44. The highest BCUT2D eigenvalue weighted by molar-refractivity contribution is 5.37. The van der Waals surface area contributed by atoms with Crippen molar-refractivity contribution in [1.82, 2.24) is 0 Å². The molecule has 12 heavy (non-hydrogen) atoms. The summed E-state index contributed by atoms with van der Waals surface area (Å²) in [5.41, 5.74) is 7.36. The fourth-order valence-electron chi connectivity index (χ4n) is 1.91. The molecule has 1 aromatic rings. The van der Waals surface area contributed by atoms with Crippen LogP contribution in [0.1, 0.15) is 30.4 Å². The molecule has 0 bridgehead atoms. The van der Waals surface area contributed by atoms with Crippen LogP contribution in [-0.2, 0) is 5.41 Å². The molecule has 0 aromatic carbocycles. The molecule has 66 valence electrons. The monoisotopic (exact) mass is 165 g/mol. The molecule has 1 fully saturated rings. The minimum Gasteiger partial charge on any atom is -0.466 e. The van der Waals surface area contributed by atoms with Crippen LogP contribution in [0.25, 0.3) is 0 Å². The van der Waals surface area contributed by atoms with Crippen molar-refractivity contribution in [2.45, 2.75) is 38.6 Å². The summed E-state index contributed by atoms with van der Waals surface area (Å²) in [6.07, 6.45) is 1.09. The second-order valence-electron chi connectivity index (χ2n) is 4.05. The summed E-state index contributed by atoms with van der Waals surface area (Å²) in [4.78, 5) is 0. The SMILES string of the molecule is Cc1cc(C2(C)CC2N)c(C)o1. The lowest BCUT2D eigenvalue weighted by molar-refractivity contribution is 0.497. The maximum absolute atomic E-state index is 5.87. The maximum atomic E-state index is 5.87. The van der Waals surface area contributed by atoms with E-state index in [2.05, 4.69) is 13.0 Å². The normalized spacial score (nSPS) is 33.8. The van der Waals surface area contributed by atoms with Crippen LogP contribution in [0.4, 0.5) is 0 Å². The molecule has 2 N–H and O–H groups in total. The summed E-state index contributed by atoms with van der Waals surface area (Å²) >= 11 is 0. The van der Waals surface area contributed by atoms with E-state index >= 15 is 0 Å². The van der Waals surface area contributed by atoms with Gasteiger partial charge in [-0.25, -0.2) is 0 Å². The molecule has 2 atom stereocenters. The first-order chi connectivity index (χ1) is 5.54. The van der Waals surface area contributed by atoms with E-state index in [0.717, 1.165) is 17.9 Å². The molecule has 2 unspecified atom stereocenters. The molecular weight excluding hydrogens is 150 g/mol. The number of nitrogens with two attached hydrogens (primary N) is 1. The van der Waals surface area contributed by atoms with Crippen molar-refractivity contribution in [1.29, 1.82) is 0 Å². The lowest BCUT2D eigenvalue weighted by Crippen LogP contribution is -2.14. The van der Waals surface area contributed by atoms with Crippen molar-refractivity contribution in [2.75, 3.05) is 0 Å². The topological polar surface area (TPSA) is 39.2 Å². The smallest absolute Gasteiger partial charge is 0.104 e. The third-order valence-electron chi connectivity index (χ3n) is 2.96. The minimum atomic E-state index is 0.196. The first-order valence-corrected chi connectivity index (χ1v) is 4.37. The van der Waals surface area contributed by atoms with Crippen molar-refractivity contribution in [2.24, 2.45) is 5.73 Å². The van der Waals surface area contributed by atoms with Crippen LogP contribution in [-0.4, -0.2) is 6.04 Å². The predicted octanol–water partition coefficient (Wildman–Crippen LogP) is 1.89. The van der Waals surface area contributed by atoms with Gasteiger partial charge in [0.05, 0.1) is 0 Å². The zero-order valence-electron chi connectivity index (χ0n) is 7.85. The van der Waals surface area contributed by atoms with Gasteiger partial charge in [-0.15, -0.1) is 0 Å². The number of furan rings is 1. The van der Waals surface area contributed by atoms with Gasteiger partial charge in [-0.2, -0.15) is 0 Å². The molecule has 1 saturated carbocycles. The standard InChI is InChI=1S/C10H15NO/c1-6-4-8(7(2)12-6)10(3)5-9(10)11/h4,9H,5,11H2,1-3H3. The van der Waals surface area contributed by atoms with Gasteiger partial charge in [0.25, 0.3) is 0 Å². The Morgan fingerprint density at radius 3 is 2.50 bits per heavy atom. The number of hydrogen-bond acceptors (Lipinski definition) is 2. The van der Waals surface area contributed by atoms with E-state index in [4.69, 9.17) is 10.2 Å². The Morgan fingerprint density at radius 2 is 2.17 bits per heavy atom. The van der Waals surface area contributed by atoms with Crippen molar-refractivity contribution in [3.05, 3.63) is 23.2 Å². The van der Waals surface area contributed by atoms with E-state index in [1.165, 1.54) is 5.56 Å². The molecule has 1 heterocycles. The highest BCUT2D eigenvalue weighted by Gasteiger charge is 2.50. The van der Waals surface area contributed by atoms with Gasteiger partial charge >= 0.3 is 0 Å². The zero-order valence-corrected chi connectivity index (χ0v) is 7.85. The fraction of sp³-hybridized carbons (Fsp3) is 0.600. The summed E-state index contributed by atoms with van der Waals surface area (Å²) in [6.45, 7) is 6.20. The molecule has 2 nitrogen and oxygen atoms in total. The Kier molecular flexibility index (Phi) is 1.40. The summed E-state index contributed by atoms with van der Waals surface area (Å²) < 4.78 is 5.47. The molecular formula is C10H15NO. The van der Waals surface area contributed by atoms with Crippen molar-refractivity contribution < 1.29 is 4.42 Å². The van der Waals surface area contributed by atoms with Gasteiger partial charge in [0.1, 0.15) is 11.5 Å². The first-order valence-electron chi connectivity index (χ1n) is 4.37. The van der Waals surface area contributed by atoms with Crippen LogP contribution in [0.15, 0.2) is 10.5 Å². The number of rotatable bonds is 1. The van der Waals surface area contributed by atoms with Crippen LogP contribution in [0.3, 0.4) is 0 Å². The average molecular weight is 165 g/mol. The molecule has 1 aromatic heterocycles. The Hall–Kier alpha value is -0.760. The van der Waals surface area contributed by atoms with E-state index in [9.17, 15) is 0 Å². The third kappa shape index (κ3) is 0.911. The van der Waals surface area contributed by atoms with E-state index in [-0.39, 0.29) is 5.41 Å². The Labute approximate surface area is 72.7 Å². The van der Waals surface area contributed by atoms with E-state index < -0.39 is 0 Å². The molecule has 0 aliphatic heterocycles. The first kappa shape index (κ1) is 7.87. The predicted molar refractivity (Wildman–Crippen MR) is 48.1 cm³/mol. The van der Waals surface area contributed by atoms with Gasteiger partial charge in [-0.05, 0) is 26.3 Å². The third-order valence-corrected chi connectivity index (χ3v) is 2.96. The minimum absolute atomic E-state index is 0.196. The second kappa shape index (κ2) is 2.13. The van der Waals surface area contributed by atoms with Crippen LogP contribution in [0.5, 0.6) is 0 Å². The number of aryl methyl sites for hydroxylation is 2. The number of hydrogen-bond donors (Lipinski definition) is 1. The van der Waals surface area contributed by atoms with E-state index in [1.54, 1.807) is 0 Å². The highest BCUT2D eigenvalue weighted by atomic mass is 16.3. The molecule has 0 spiro atoms. The van der Waals surface area contributed by atoms with Gasteiger partial charge in [0.2, 0.25) is 0 Å². The maximum Gasteiger partial charge on any atom is 0.104 e. The Morgan fingerprint density at radius 1 is 1.58 bits per heavy atom. The van der Waals surface area contributed by atoms with E-state index in [1.807, 2.05) is 13.8 Å². The second-order valence-corrected chi connectivity index (χ2v) is 4.05. The van der Waals surface area contributed by atoms with Crippen molar-refractivity contribution in [3.8, 4) is 0 Å². The molecule has 0 radical (unpaired) electrons. The van der Waals surface area contributed by atoms with Crippen LogP contribution < -0.4 is 5.73 Å². The van der Waals surface area contributed by atoms with Crippen molar-refractivity contribution in [3.63, 3.8) is 0 Å². The van der Waals surface area contributed by atoms with Gasteiger partial charge in [0.15, 0.2) is 0 Å². The van der Waals surface area contributed by atoms with Crippen molar-refractivity contribution >= 4 is 0 Å². The molecule has 0 amide bonds. The summed E-state index contributed by atoms with van der Waals surface area (Å²) in [5.74, 6) is 2.02. The Balaban J connectivity index is 2.41. The van der Waals surface area contributed by atoms with Gasteiger partial charge in [-0.1, -0.05) is 6.92 Å². The van der Waals surface area contributed by atoms with Crippen LogP contribution in [0.2, 0.25) is 0 Å². The molecule has 0 saturated heterocycles. The quantitative estimate of drug-likeness (QED) is 0.690. The highest BCUT2D eigenvalue weighted by Crippen LogP contribution is 2.48. The molecule has 1 aliphatic carbocycles. The van der Waals surface area contributed by atoms with Crippen LogP contribution in [0, 0.1) is 13.8 Å². The van der Waals surface area contributed by atoms with Crippen LogP contribution >= 0.6 is 0 Å². The molecule has 2 rings (SSSR count). The zero-order chi connectivity index (χ0) is 8.93. The lowest BCUT2D eigenvalue weighted by Gasteiger charge is -2.06. The average Bonchev–Trinajstić information content (AvgIpc) is 2.37. The summed E-state index contributed by atoms with van der Waals surface area (Å²) in [5, 5.41) is 0. The van der Waals surface area contributed by atoms with Gasteiger partial charge in [-0.3, -0.25) is 0 Å². The Bertz CT molecular complexity index is 316. The largest absolute Gasteiger partial charge is 0.466 e. The van der Waals surface area contributed by atoms with Gasteiger partial charge in [0, 0.05) is 17.0 Å². The fourth-order valence-corrected chi connectivity index (χ4v) is 1.91. The molecule has 2 heteroatoms. The van der Waals surface area contributed by atoms with Gasteiger partial charge < -0.3 is 10.2 Å². The summed E-state index contributed by atoms with van der Waals surface area (Å²) in [7, 11) is 0.